The summed E-state index contributed by atoms with van der Waals surface area (Å²) >= 11 is 6.20. The number of piperazine rings is 1. The number of hydrogen-bond acceptors (Lipinski definition) is 5. The molecule has 0 radical (unpaired) electrons. The van der Waals surface area contributed by atoms with Gasteiger partial charge in [-0.05, 0) is 24.3 Å². The zero-order chi connectivity index (χ0) is 22.3. The maximum Gasteiger partial charge on any atom is 0.238 e. The van der Waals surface area contributed by atoms with E-state index < -0.39 is 0 Å². The van der Waals surface area contributed by atoms with Gasteiger partial charge in [0.25, 0.3) is 0 Å². The number of rotatable bonds is 7. The molecule has 166 valence electrons. The minimum Gasteiger partial charge on any atom is -0.441 e. The number of para-hydroxylation sites is 1. The molecule has 0 saturated carbocycles. The summed E-state index contributed by atoms with van der Waals surface area (Å²) < 4.78 is 5.78. The average molecular weight is 453 g/mol. The Labute approximate surface area is 192 Å². The number of benzene rings is 2. The minimum absolute atomic E-state index is 0.0470. The van der Waals surface area contributed by atoms with Crippen LogP contribution in [0.5, 0.6) is 0 Å². The van der Waals surface area contributed by atoms with Gasteiger partial charge in [0.1, 0.15) is 0 Å². The van der Waals surface area contributed by atoms with E-state index in [0.29, 0.717) is 62.2 Å². The van der Waals surface area contributed by atoms with E-state index in [9.17, 15) is 9.59 Å². The van der Waals surface area contributed by atoms with E-state index in [4.69, 9.17) is 16.0 Å². The average Bonchev–Trinajstić information content (AvgIpc) is 3.28. The highest BCUT2D eigenvalue weighted by Crippen LogP contribution is 2.28. The molecule has 7 nitrogen and oxygen atoms in total. The number of carbonyl (C=O) groups is 2. The van der Waals surface area contributed by atoms with Crippen LogP contribution in [-0.2, 0) is 16.0 Å². The van der Waals surface area contributed by atoms with Gasteiger partial charge in [-0.2, -0.15) is 0 Å². The Morgan fingerprint density at radius 1 is 1.00 bits per heavy atom. The number of oxazole rings is 1. The van der Waals surface area contributed by atoms with Crippen molar-refractivity contribution in [2.24, 2.45) is 0 Å². The van der Waals surface area contributed by atoms with Gasteiger partial charge in [0, 0.05) is 50.3 Å². The van der Waals surface area contributed by atoms with Gasteiger partial charge in [0.15, 0.2) is 11.7 Å². The van der Waals surface area contributed by atoms with E-state index in [1.807, 2.05) is 53.4 Å². The number of halogens is 1. The molecule has 2 aromatic carbocycles. The molecular formula is C24H25ClN4O3. The van der Waals surface area contributed by atoms with Crippen molar-refractivity contribution < 1.29 is 14.0 Å². The van der Waals surface area contributed by atoms with Crippen LogP contribution in [0.3, 0.4) is 0 Å². The molecule has 2 heterocycles. The quantitative estimate of drug-likeness (QED) is 0.591. The number of anilines is 1. The highest BCUT2D eigenvalue weighted by molar-refractivity contribution is 6.33. The zero-order valence-electron chi connectivity index (χ0n) is 17.7. The normalized spacial score (nSPS) is 14.3. The van der Waals surface area contributed by atoms with E-state index in [2.05, 4.69) is 15.2 Å². The number of carbonyl (C=O) groups excluding carboxylic acids is 2. The fourth-order valence-electron chi connectivity index (χ4n) is 3.66. The number of hydrogen-bond donors (Lipinski definition) is 1. The predicted octanol–water partition coefficient (Wildman–Crippen LogP) is 3.71. The van der Waals surface area contributed by atoms with Crippen molar-refractivity contribution in [1.29, 1.82) is 0 Å². The first-order valence-corrected chi connectivity index (χ1v) is 11.0. The van der Waals surface area contributed by atoms with Gasteiger partial charge in [0.2, 0.25) is 11.8 Å². The predicted molar refractivity (Wildman–Crippen MR) is 123 cm³/mol. The molecule has 0 spiro atoms. The van der Waals surface area contributed by atoms with Gasteiger partial charge < -0.3 is 14.6 Å². The third kappa shape index (κ3) is 5.75. The molecule has 1 saturated heterocycles. The second-order valence-corrected chi connectivity index (χ2v) is 8.08. The second kappa shape index (κ2) is 10.4. The molecule has 0 atom stereocenters. The number of nitrogens with one attached hydrogen (secondary N) is 1. The maximum atomic E-state index is 12.6. The molecule has 3 aromatic rings. The lowest BCUT2D eigenvalue weighted by atomic mass is 10.2. The largest absolute Gasteiger partial charge is 0.441 e. The van der Waals surface area contributed by atoms with Gasteiger partial charge in [0.05, 0.1) is 17.8 Å². The molecule has 2 amide bonds. The van der Waals surface area contributed by atoms with Crippen LogP contribution in [0.4, 0.5) is 5.69 Å². The SMILES string of the molecule is O=C(CN1CCN(C(=O)CCc2ncc(-c3ccccc3Cl)o2)CC1)Nc1ccccc1. The molecule has 1 aliphatic rings. The van der Waals surface area contributed by atoms with Crippen LogP contribution in [0.15, 0.2) is 65.2 Å². The third-order valence-electron chi connectivity index (χ3n) is 5.40. The second-order valence-electron chi connectivity index (χ2n) is 7.67. The summed E-state index contributed by atoms with van der Waals surface area (Å²) in [5.41, 5.74) is 1.57. The van der Waals surface area contributed by atoms with Crippen LogP contribution in [0, 0.1) is 0 Å². The van der Waals surface area contributed by atoms with E-state index in [1.165, 1.54) is 0 Å². The van der Waals surface area contributed by atoms with Crippen LogP contribution in [0.2, 0.25) is 5.02 Å². The summed E-state index contributed by atoms with van der Waals surface area (Å²) in [5, 5.41) is 3.49. The van der Waals surface area contributed by atoms with Crippen LogP contribution in [-0.4, -0.2) is 59.3 Å². The Kier molecular flexibility index (Phi) is 7.19. The van der Waals surface area contributed by atoms with Crippen LogP contribution in [0.25, 0.3) is 11.3 Å². The Bertz CT molecular complexity index is 1060. The Morgan fingerprint density at radius 3 is 2.47 bits per heavy atom. The summed E-state index contributed by atoms with van der Waals surface area (Å²) in [6, 6.07) is 16.8. The molecule has 1 N–H and O–H groups in total. The van der Waals surface area contributed by atoms with E-state index in [-0.39, 0.29) is 11.8 Å². The van der Waals surface area contributed by atoms with Crippen molar-refractivity contribution in [2.45, 2.75) is 12.8 Å². The van der Waals surface area contributed by atoms with Crippen LogP contribution in [0.1, 0.15) is 12.3 Å². The molecule has 1 aliphatic heterocycles. The maximum absolute atomic E-state index is 12.6. The number of aryl methyl sites for hydroxylation is 1. The van der Waals surface area contributed by atoms with Crippen molar-refractivity contribution in [1.82, 2.24) is 14.8 Å². The van der Waals surface area contributed by atoms with Gasteiger partial charge in [-0.1, -0.05) is 41.9 Å². The highest BCUT2D eigenvalue weighted by Gasteiger charge is 2.23. The summed E-state index contributed by atoms with van der Waals surface area (Å²) in [4.78, 5) is 33.0. The molecule has 4 rings (SSSR count). The van der Waals surface area contributed by atoms with Crippen molar-refractivity contribution in [2.75, 3.05) is 38.0 Å². The van der Waals surface area contributed by atoms with Crippen LogP contribution < -0.4 is 5.32 Å². The van der Waals surface area contributed by atoms with Crippen molar-refractivity contribution in [3.05, 3.63) is 71.7 Å². The van der Waals surface area contributed by atoms with E-state index in [0.717, 1.165) is 11.3 Å². The monoisotopic (exact) mass is 452 g/mol. The first-order chi connectivity index (χ1) is 15.6. The summed E-state index contributed by atoms with van der Waals surface area (Å²) in [6.45, 7) is 2.87. The lowest BCUT2D eigenvalue weighted by molar-refractivity contribution is -0.133. The fraction of sp³-hybridized carbons (Fsp3) is 0.292. The van der Waals surface area contributed by atoms with Crippen molar-refractivity contribution in [3.63, 3.8) is 0 Å². The topological polar surface area (TPSA) is 78.7 Å². The molecule has 0 bridgehead atoms. The third-order valence-corrected chi connectivity index (χ3v) is 5.72. The number of amides is 2. The molecule has 8 heteroatoms. The molecule has 32 heavy (non-hydrogen) atoms. The Morgan fingerprint density at radius 2 is 1.72 bits per heavy atom. The van der Waals surface area contributed by atoms with Crippen LogP contribution >= 0.6 is 11.6 Å². The van der Waals surface area contributed by atoms with Gasteiger partial charge in [-0.3, -0.25) is 14.5 Å². The smallest absolute Gasteiger partial charge is 0.238 e. The first kappa shape index (κ1) is 22.0. The first-order valence-electron chi connectivity index (χ1n) is 10.6. The van der Waals surface area contributed by atoms with E-state index in [1.54, 1.807) is 12.3 Å². The van der Waals surface area contributed by atoms with Crippen molar-refractivity contribution in [3.8, 4) is 11.3 Å². The highest BCUT2D eigenvalue weighted by atomic mass is 35.5. The van der Waals surface area contributed by atoms with Gasteiger partial charge in [-0.25, -0.2) is 4.98 Å². The van der Waals surface area contributed by atoms with Crippen molar-refractivity contribution >= 4 is 29.1 Å². The van der Waals surface area contributed by atoms with Gasteiger partial charge >= 0.3 is 0 Å². The standard InChI is InChI=1S/C24H25ClN4O3/c25-20-9-5-4-8-19(20)21-16-26-23(32-21)10-11-24(31)29-14-12-28(13-15-29)17-22(30)27-18-6-2-1-3-7-18/h1-9,16H,10-15,17H2,(H,27,30). The van der Waals surface area contributed by atoms with Gasteiger partial charge in [-0.15, -0.1) is 0 Å². The fourth-order valence-corrected chi connectivity index (χ4v) is 3.89. The molecule has 0 aliphatic carbocycles. The number of nitrogens with zero attached hydrogens (tertiary/aromatic N) is 3. The number of aromatic nitrogens is 1. The lowest BCUT2D eigenvalue weighted by Gasteiger charge is -2.34. The molecule has 0 unspecified atom stereocenters. The summed E-state index contributed by atoms with van der Waals surface area (Å²) in [5.74, 6) is 1.13. The molecule has 1 fully saturated rings. The molecule has 1 aromatic heterocycles. The van der Waals surface area contributed by atoms with E-state index >= 15 is 0 Å². The summed E-state index contributed by atoms with van der Waals surface area (Å²) in [7, 11) is 0. The molecular weight excluding hydrogens is 428 g/mol. The Balaban J connectivity index is 1.20. The summed E-state index contributed by atoms with van der Waals surface area (Å²) in [6.07, 6.45) is 2.40. The Hall–Kier alpha value is -3.16. The lowest BCUT2D eigenvalue weighted by Crippen LogP contribution is -2.50. The minimum atomic E-state index is -0.0470. The zero-order valence-corrected chi connectivity index (χ0v) is 18.4.